The van der Waals surface area contributed by atoms with E-state index in [1.54, 1.807) is 18.4 Å². The maximum Gasteiger partial charge on any atom is 0.185 e. The van der Waals surface area contributed by atoms with Gasteiger partial charge in [-0.3, -0.25) is 0 Å². The third kappa shape index (κ3) is 5.02. The molecule has 2 N–H and O–H groups in total. The molecule has 0 aromatic carbocycles. The minimum Gasteiger partial charge on any atom is -0.383 e. The van der Waals surface area contributed by atoms with Crippen molar-refractivity contribution in [3.05, 3.63) is 11.1 Å². The lowest BCUT2D eigenvalue weighted by Gasteiger charge is -2.23. The van der Waals surface area contributed by atoms with Crippen LogP contribution in [0.15, 0.2) is 5.38 Å². The molecule has 1 rings (SSSR count). The Morgan fingerprint density at radius 1 is 1.53 bits per heavy atom. The average molecular weight is 257 g/mol. The molecule has 0 saturated heterocycles. The van der Waals surface area contributed by atoms with Gasteiger partial charge in [-0.15, -0.1) is 11.3 Å². The van der Waals surface area contributed by atoms with Crippen LogP contribution in [-0.4, -0.2) is 38.3 Å². The van der Waals surface area contributed by atoms with E-state index in [-0.39, 0.29) is 0 Å². The van der Waals surface area contributed by atoms with Crippen LogP contribution in [0.2, 0.25) is 0 Å². The van der Waals surface area contributed by atoms with Crippen LogP contribution in [-0.2, 0) is 11.2 Å². The highest BCUT2D eigenvalue weighted by Crippen LogP contribution is 2.21. The minimum absolute atomic E-state index is 0.619. The largest absolute Gasteiger partial charge is 0.383 e. The highest BCUT2D eigenvalue weighted by molar-refractivity contribution is 7.13. The predicted molar refractivity (Wildman–Crippen MR) is 73.8 cm³/mol. The van der Waals surface area contributed by atoms with Crippen molar-refractivity contribution in [3.8, 4) is 0 Å². The lowest BCUT2D eigenvalue weighted by atomic mass is 10.2. The summed E-state index contributed by atoms with van der Waals surface area (Å²) in [4.78, 5) is 6.91. The number of ether oxygens (including phenoxy) is 1. The van der Waals surface area contributed by atoms with Gasteiger partial charge < -0.3 is 15.4 Å². The van der Waals surface area contributed by atoms with Gasteiger partial charge in [-0.25, -0.2) is 4.98 Å². The molecule has 0 spiro atoms. The van der Waals surface area contributed by atoms with Crippen molar-refractivity contribution < 1.29 is 4.74 Å². The molecule has 0 fully saturated rings. The maximum absolute atomic E-state index is 5.54. The van der Waals surface area contributed by atoms with Crippen molar-refractivity contribution in [2.45, 2.75) is 20.3 Å². The van der Waals surface area contributed by atoms with E-state index in [4.69, 9.17) is 10.5 Å². The Kier molecular flexibility index (Phi) is 6.47. The molecule has 1 heterocycles. The molecule has 17 heavy (non-hydrogen) atoms. The minimum atomic E-state index is 0.619. The summed E-state index contributed by atoms with van der Waals surface area (Å²) in [5.41, 5.74) is 6.63. The second-order valence-electron chi connectivity index (χ2n) is 4.49. The lowest BCUT2D eigenvalue weighted by Crippen LogP contribution is -2.30. The number of methoxy groups -OCH3 is 1. The molecular weight excluding hydrogens is 234 g/mol. The fourth-order valence-corrected chi connectivity index (χ4v) is 2.51. The quantitative estimate of drug-likeness (QED) is 0.771. The number of nitrogens with zero attached hydrogens (tertiary/aromatic N) is 2. The second kappa shape index (κ2) is 7.63. The molecule has 0 aliphatic heterocycles. The smallest absolute Gasteiger partial charge is 0.185 e. The van der Waals surface area contributed by atoms with E-state index in [2.05, 4.69) is 29.1 Å². The van der Waals surface area contributed by atoms with E-state index >= 15 is 0 Å². The van der Waals surface area contributed by atoms with Crippen LogP contribution in [0.25, 0.3) is 0 Å². The molecule has 1 aromatic heterocycles. The van der Waals surface area contributed by atoms with Crippen LogP contribution < -0.4 is 10.6 Å². The molecule has 0 atom stereocenters. The molecule has 0 radical (unpaired) electrons. The van der Waals surface area contributed by atoms with Gasteiger partial charge in [-0.05, 0) is 12.5 Å². The highest BCUT2D eigenvalue weighted by atomic mass is 32.1. The van der Waals surface area contributed by atoms with Gasteiger partial charge in [-0.1, -0.05) is 13.8 Å². The lowest BCUT2D eigenvalue weighted by molar-refractivity contribution is 0.204. The third-order valence-corrected chi connectivity index (χ3v) is 3.31. The van der Waals surface area contributed by atoms with Crippen LogP contribution >= 0.6 is 11.3 Å². The number of hydrogen-bond acceptors (Lipinski definition) is 5. The van der Waals surface area contributed by atoms with E-state index in [0.29, 0.717) is 12.5 Å². The molecule has 0 unspecified atom stereocenters. The first-order valence-corrected chi connectivity index (χ1v) is 6.93. The molecule has 4 nitrogen and oxygen atoms in total. The SMILES string of the molecule is COCCN(CC(C)C)c1nc(CCN)cs1. The van der Waals surface area contributed by atoms with E-state index in [0.717, 1.165) is 36.9 Å². The summed E-state index contributed by atoms with van der Waals surface area (Å²) in [7, 11) is 1.73. The van der Waals surface area contributed by atoms with E-state index in [1.807, 2.05) is 0 Å². The Morgan fingerprint density at radius 2 is 2.29 bits per heavy atom. The van der Waals surface area contributed by atoms with Gasteiger partial charge in [0.05, 0.1) is 12.3 Å². The van der Waals surface area contributed by atoms with Gasteiger partial charge in [0, 0.05) is 32.0 Å². The summed E-state index contributed by atoms with van der Waals surface area (Å²) in [5.74, 6) is 0.619. The van der Waals surface area contributed by atoms with E-state index < -0.39 is 0 Å². The number of aromatic nitrogens is 1. The van der Waals surface area contributed by atoms with Crippen molar-refractivity contribution >= 4 is 16.5 Å². The first kappa shape index (κ1) is 14.4. The first-order valence-electron chi connectivity index (χ1n) is 6.05. The van der Waals surface area contributed by atoms with E-state index in [9.17, 15) is 0 Å². The number of thiazole rings is 1. The van der Waals surface area contributed by atoms with Crippen LogP contribution in [0.5, 0.6) is 0 Å². The molecule has 5 heteroatoms. The van der Waals surface area contributed by atoms with Crippen LogP contribution in [0.3, 0.4) is 0 Å². The summed E-state index contributed by atoms with van der Waals surface area (Å²) in [5, 5.41) is 3.18. The van der Waals surface area contributed by atoms with Gasteiger partial charge in [0.25, 0.3) is 0 Å². The molecule has 0 amide bonds. The Labute approximate surface area is 108 Å². The number of hydrogen-bond donors (Lipinski definition) is 1. The standard InChI is InChI=1S/C12H23N3OS/c1-10(2)8-15(6-7-16-3)12-14-11(4-5-13)9-17-12/h9-10H,4-8,13H2,1-3H3. The molecule has 98 valence electrons. The Morgan fingerprint density at radius 3 is 2.88 bits per heavy atom. The molecule has 1 aromatic rings. The first-order chi connectivity index (χ1) is 8.17. The zero-order chi connectivity index (χ0) is 12.7. The summed E-state index contributed by atoms with van der Waals surface area (Å²) in [6, 6.07) is 0. The van der Waals surface area contributed by atoms with Crippen molar-refractivity contribution in [2.24, 2.45) is 11.7 Å². The summed E-state index contributed by atoms with van der Waals surface area (Å²) >= 11 is 1.69. The van der Waals surface area contributed by atoms with Crippen LogP contribution in [0.4, 0.5) is 5.13 Å². The fourth-order valence-electron chi connectivity index (χ4n) is 1.61. The van der Waals surface area contributed by atoms with Crippen LogP contribution in [0.1, 0.15) is 19.5 Å². The van der Waals surface area contributed by atoms with Gasteiger partial charge in [0.2, 0.25) is 0 Å². The van der Waals surface area contributed by atoms with Crippen LogP contribution in [0, 0.1) is 5.92 Å². The maximum atomic E-state index is 5.54. The Balaban J connectivity index is 2.65. The summed E-state index contributed by atoms with van der Waals surface area (Å²) in [6.45, 7) is 7.73. The second-order valence-corrected chi connectivity index (χ2v) is 5.33. The molecule has 0 aliphatic rings. The Bertz CT molecular complexity index is 314. The molecular formula is C12H23N3OS. The van der Waals surface area contributed by atoms with Gasteiger partial charge in [0.15, 0.2) is 5.13 Å². The molecule has 0 bridgehead atoms. The van der Waals surface area contributed by atoms with Gasteiger partial charge in [-0.2, -0.15) is 0 Å². The van der Waals surface area contributed by atoms with Crippen molar-refractivity contribution in [1.29, 1.82) is 0 Å². The monoisotopic (exact) mass is 257 g/mol. The zero-order valence-corrected chi connectivity index (χ0v) is 11.8. The zero-order valence-electron chi connectivity index (χ0n) is 11.0. The van der Waals surface area contributed by atoms with E-state index in [1.165, 1.54) is 0 Å². The van der Waals surface area contributed by atoms with Gasteiger partial charge in [0.1, 0.15) is 0 Å². The summed E-state index contributed by atoms with van der Waals surface area (Å²) in [6.07, 6.45) is 0.857. The number of anilines is 1. The number of rotatable bonds is 8. The normalized spacial score (nSPS) is 11.1. The van der Waals surface area contributed by atoms with Crippen molar-refractivity contribution in [2.75, 3.05) is 38.3 Å². The van der Waals surface area contributed by atoms with Crippen molar-refractivity contribution in [3.63, 3.8) is 0 Å². The average Bonchev–Trinajstić information content (AvgIpc) is 2.73. The van der Waals surface area contributed by atoms with Gasteiger partial charge >= 0.3 is 0 Å². The topological polar surface area (TPSA) is 51.4 Å². The molecule has 0 aliphatic carbocycles. The summed E-state index contributed by atoms with van der Waals surface area (Å²) < 4.78 is 5.14. The Hall–Kier alpha value is -0.650. The molecule has 0 saturated carbocycles. The highest BCUT2D eigenvalue weighted by Gasteiger charge is 2.12. The predicted octanol–water partition coefficient (Wildman–Crippen LogP) is 1.75. The van der Waals surface area contributed by atoms with Crippen molar-refractivity contribution in [1.82, 2.24) is 4.98 Å². The fraction of sp³-hybridized carbons (Fsp3) is 0.750. The number of nitrogens with two attached hydrogens (primary N) is 1. The third-order valence-electron chi connectivity index (χ3n) is 2.36.